The molecule has 1 aliphatic carbocycles. The van der Waals surface area contributed by atoms with Crippen molar-refractivity contribution in [2.24, 2.45) is 0 Å². The van der Waals surface area contributed by atoms with E-state index in [1.807, 2.05) is 32.2 Å². The van der Waals surface area contributed by atoms with Crippen LogP contribution in [0.4, 0.5) is 10.6 Å². The van der Waals surface area contributed by atoms with Crippen molar-refractivity contribution in [2.45, 2.75) is 64.5 Å². The van der Waals surface area contributed by atoms with Gasteiger partial charge in [-0.15, -0.1) is 11.3 Å². The van der Waals surface area contributed by atoms with Gasteiger partial charge < -0.3 is 15.4 Å². The number of anilines is 1. The second kappa shape index (κ2) is 8.51. The lowest BCUT2D eigenvalue weighted by Crippen LogP contribution is -2.33. The summed E-state index contributed by atoms with van der Waals surface area (Å²) in [5.41, 5.74) is 1.87. The molecule has 146 valence electrons. The fraction of sp³-hybridized carbons (Fsp3) is 0.556. The van der Waals surface area contributed by atoms with Gasteiger partial charge in [0.1, 0.15) is 11.1 Å². The molecule has 2 aromatic heterocycles. The van der Waals surface area contributed by atoms with Gasteiger partial charge in [0.2, 0.25) is 5.91 Å². The highest BCUT2D eigenvalue weighted by Gasteiger charge is 2.30. The van der Waals surface area contributed by atoms with E-state index in [0.29, 0.717) is 5.82 Å². The number of carbonyl (C=O) groups is 2. The maximum Gasteiger partial charge on any atom is 0.407 e. The number of rotatable bonds is 6. The molecule has 0 bridgehead atoms. The molecule has 27 heavy (non-hydrogen) atoms. The van der Waals surface area contributed by atoms with Crippen LogP contribution in [0.2, 0.25) is 0 Å². The predicted octanol–water partition coefficient (Wildman–Crippen LogP) is 3.13. The molecule has 8 nitrogen and oxygen atoms in total. The molecule has 2 atom stereocenters. The molecule has 2 aromatic rings. The van der Waals surface area contributed by atoms with Crippen molar-refractivity contribution in [1.82, 2.24) is 20.5 Å². The predicted molar refractivity (Wildman–Crippen MR) is 103 cm³/mol. The maximum absolute atomic E-state index is 12.1. The number of thiazole rings is 1. The molecule has 0 aromatic carbocycles. The SMILES string of the molecule is Cc1csc(CC(=O)Nc2cc([C@H]3CCC(OC(=O)NC(C)C)C3)[nH]n2)n1. The second-order valence-electron chi connectivity index (χ2n) is 7.15. The molecule has 0 saturated heterocycles. The quantitative estimate of drug-likeness (QED) is 0.701. The second-order valence-corrected chi connectivity index (χ2v) is 8.10. The lowest BCUT2D eigenvalue weighted by atomic mass is 10.0. The Bertz CT molecular complexity index is 801. The number of aromatic nitrogens is 3. The summed E-state index contributed by atoms with van der Waals surface area (Å²) in [4.78, 5) is 28.1. The number of hydrogen-bond acceptors (Lipinski definition) is 6. The van der Waals surface area contributed by atoms with Crippen LogP contribution in [0.25, 0.3) is 0 Å². The highest BCUT2D eigenvalue weighted by Crippen LogP contribution is 2.35. The van der Waals surface area contributed by atoms with Gasteiger partial charge in [-0.25, -0.2) is 9.78 Å². The Morgan fingerprint density at radius 2 is 2.22 bits per heavy atom. The lowest BCUT2D eigenvalue weighted by Gasteiger charge is -2.14. The van der Waals surface area contributed by atoms with Crippen LogP contribution in [0.1, 0.15) is 55.4 Å². The third-order valence-electron chi connectivity index (χ3n) is 4.35. The number of nitrogens with zero attached hydrogens (tertiary/aromatic N) is 2. The first-order valence-electron chi connectivity index (χ1n) is 9.12. The van der Waals surface area contributed by atoms with Gasteiger partial charge in [-0.2, -0.15) is 5.10 Å². The van der Waals surface area contributed by atoms with Crippen LogP contribution >= 0.6 is 11.3 Å². The summed E-state index contributed by atoms with van der Waals surface area (Å²) in [5.74, 6) is 0.604. The number of aryl methyl sites for hydroxylation is 1. The van der Waals surface area contributed by atoms with Gasteiger partial charge in [0.05, 0.1) is 6.42 Å². The number of H-pyrrole nitrogens is 1. The Morgan fingerprint density at radius 1 is 1.41 bits per heavy atom. The number of nitrogens with one attached hydrogen (secondary N) is 3. The Labute approximate surface area is 162 Å². The molecule has 0 aliphatic heterocycles. The van der Waals surface area contributed by atoms with E-state index in [1.165, 1.54) is 11.3 Å². The van der Waals surface area contributed by atoms with Crippen molar-refractivity contribution in [3.05, 3.63) is 27.8 Å². The smallest absolute Gasteiger partial charge is 0.407 e. The fourth-order valence-corrected chi connectivity index (χ4v) is 3.94. The molecule has 1 saturated carbocycles. The van der Waals surface area contributed by atoms with Gasteiger partial charge in [0.15, 0.2) is 5.82 Å². The number of carbonyl (C=O) groups excluding carboxylic acids is 2. The van der Waals surface area contributed by atoms with Gasteiger partial charge >= 0.3 is 6.09 Å². The molecule has 1 fully saturated rings. The van der Waals surface area contributed by atoms with Crippen LogP contribution in [0.15, 0.2) is 11.4 Å². The molecular formula is C18H25N5O3S. The third kappa shape index (κ3) is 5.53. The highest BCUT2D eigenvalue weighted by molar-refractivity contribution is 7.09. The lowest BCUT2D eigenvalue weighted by molar-refractivity contribution is -0.115. The molecule has 9 heteroatoms. The zero-order valence-electron chi connectivity index (χ0n) is 15.7. The molecule has 2 amide bonds. The van der Waals surface area contributed by atoms with Crippen LogP contribution in [0.3, 0.4) is 0 Å². The van der Waals surface area contributed by atoms with Crippen LogP contribution in [0, 0.1) is 6.92 Å². The van der Waals surface area contributed by atoms with E-state index in [4.69, 9.17) is 4.74 Å². The normalized spacial score (nSPS) is 19.3. The van der Waals surface area contributed by atoms with Gasteiger partial charge in [-0.05, 0) is 40.0 Å². The highest BCUT2D eigenvalue weighted by atomic mass is 32.1. The average molecular weight is 391 g/mol. The van der Waals surface area contributed by atoms with Crippen molar-refractivity contribution >= 4 is 29.2 Å². The molecule has 3 rings (SSSR count). The monoisotopic (exact) mass is 391 g/mol. The summed E-state index contributed by atoms with van der Waals surface area (Å²) in [6.07, 6.45) is 2.26. The Morgan fingerprint density at radius 3 is 2.93 bits per heavy atom. The van der Waals surface area contributed by atoms with Crippen LogP contribution in [-0.2, 0) is 16.0 Å². The van der Waals surface area contributed by atoms with E-state index in [2.05, 4.69) is 25.8 Å². The molecule has 0 spiro atoms. The standard InChI is InChI=1S/C18H25N5O3S/c1-10(2)19-18(25)26-13-5-4-12(6-13)14-7-15(23-22-14)21-16(24)8-17-20-11(3)9-27-17/h7,9-10,12-13H,4-6,8H2,1-3H3,(H,19,25)(H2,21,22,23,24)/t12-,13?/m0/s1. The first-order valence-corrected chi connectivity index (χ1v) is 10.0. The van der Waals surface area contributed by atoms with E-state index in [0.717, 1.165) is 35.7 Å². The van der Waals surface area contributed by atoms with Crippen LogP contribution < -0.4 is 10.6 Å². The minimum atomic E-state index is -0.370. The summed E-state index contributed by atoms with van der Waals surface area (Å²) < 4.78 is 5.45. The van der Waals surface area contributed by atoms with Gasteiger partial charge in [0, 0.05) is 34.8 Å². The largest absolute Gasteiger partial charge is 0.446 e. The topological polar surface area (TPSA) is 109 Å². The third-order valence-corrected chi connectivity index (χ3v) is 5.31. The van der Waals surface area contributed by atoms with E-state index >= 15 is 0 Å². The van der Waals surface area contributed by atoms with Crippen LogP contribution in [-0.4, -0.2) is 39.3 Å². The summed E-state index contributed by atoms with van der Waals surface area (Å²) in [6.45, 7) is 5.70. The van der Waals surface area contributed by atoms with E-state index in [9.17, 15) is 9.59 Å². The summed E-state index contributed by atoms with van der Waals surface area (Å²) in [5, 5.41) is 15.4. The van der Waals surface area contributed by atoms with Crippen molar-refractivity contribution in [3.8, 4) is 0 Å². The fourth-order valence-electron chi connectivity index (χ4n) is 3.17. The number of amides is 2. The molecule has 0 radical (unpaired) electrons. The molecular weight excluding hydrogens is 366 g/mol. The molecule has 2 heterocycles. The maximum atomic E-state index is 12.1. The van der Waals surface area contributed by atoms with Gasteiger partial charge in [-0.3, -0.25) is 9.89 Å². The zero-order valence-corrected chi connectivity index (χ0v) is 16.6. The van der Waals surface area contributed by atoms with E-state index in [1.54, 1.807) is 0 Å². The average Bonchev–Trinajstić information content (AvgIpc) is 3.28. The summed E-state index contributed by atoms with van der Waals surface area (Å²) in [6, 6.07) is 1.91. The first-order chi connectivity index (χ1) is 12.9. The van der Waals surface area contributed by atoms with E-state index in [-0.39, 0.29) is 36.5 Å². The number of ether oxygens (including phenoxy) is 1. The number of aromatic amines is 1. The number of alkyl carbamates (subject to hydrolysis) is 1. The Hall–Kier alpha value is -2.42. The minimum absolute atomic E-state index is 0.0572. The molecule has 1 unspecified atom stereocenters. The van der Waals surface area contributed by atoms with Gasteiger partial charge in [0.25, 0.3) is 0 Å². The van der Waals surface area contributed by atoms with E-state index < -0.39 is 0 Å². The molecule has 1 aliphatic rings. The van der Waals surface area contributed by atoms with Crippen molar-refractivity contribution in [3.63, 3.8) is 0 Å². The minimum Gasteiger partial charge on any atom is -0.446 e. The van der Waals surface area contributed by atoms with Crippen LogP contribution in [0.5, 0.6) is 0 Å². The molecule has 3 N–H and O–H groups in total. The zero-order chi connectivity index (χ0) is 19.4. The van der Waals surface area contributed by atoms with Crippen molar-refractivity contribution in [1.29, 1.82) is 0 Å². The first kappa shape index (κ1) is 19.3. The number of hydrogen-bond donors (Lipinski definition) is 3. The summed E-state index contributed by atoms with van der Waals surface area (Å²) in [7, 11) is 0. The Balaban J connectivity index is 1.49. The van der Waals surface area contributed by atoms with Crippen molar-refractivity contribution in [2.75, 3.05) is 5.32 Å². The Kier molecular flexibility index (Phi) is 6.10. The van der Waals surface area contributed by atoms with Gasteiger partial charge in [-0.1, -0.05) is 0 Å². The van der Waals surface area contributed by atoms with Crippen molar-refractivity contribution < 1.29 is 14.3 Å². The summed E-state index contributed by atoms with van der Waals surface area (Å²) >= 11 is 1.48.